The largest absolute Gasteiger partial charge is 0.356 e. The molecule has 1 fully saturated rings. The van der Waals surface area contributed by atoms with Crippen LogP contribution in [0.25, 0.3) is 0 Å². The van der Waals surface area contributed by atoms with Crippen molar-refractivity contribution in [2.45, 2.75) is 46.0 Å². The van der Waals surface area contributed by atoms with Crippen molar-refractivity contribution in [1.29, 1.82) is 0 Å². The molecule has 0 aromatic carbocycles. The molecule has 1 heterocycles. The van der Waals surface area contributed by atoms with E-state index in [9.17, 15) is 9.59 Å². The van der Waals surface area contributed by atoms with Gasteiger partial charge < -0.3 is 10.6 Å². The first-order chi connectivity index (χ1) is 10.0. The number of amides is 2. The van der Waals surface area contributed by atoms with E-state index in [-0.39, 0.29) is 11.8 Å². The molecule has 0 radical (unpaired) electrons. The number of nitrogens with one attached hydrogen (secondary N) is 2. The highest BCUT2D eigenvalue weighted by atomic mass is 16.2. The highest BCUT2D eigenvalue weighted by Crippen LogP contribution is 2.11. The number of hydrogen-bond donors (Lipinski definition) is 2. The summed E-state index contributed by atoms with van der Waals surface area (Å²) in [6.45, 7) is 6.23. The third-order valence-electron chi connectivity index (χ3n) is 3.49. The van der Waals surface area contributed by atoms with E-state index >= 15 is 0 Å². The summed E-state index contributed by atoms with van der Waals surface area (Å²) in [6.07, 6.45) is 3.92. The van der Waals surface area contributed by atoms with Crippen LogP contribution in [0.2, 0.25) is 0 Å². The van der Waals surface area contributed by atoms with E-state index in [1.54, 1.807) is 7.05 Å². The Balaban J connectivity index is 2.22. The predicted molar refractivity (Wildman–Crippen MR) is 84.0 cm³/mol. The van der Waals surface area contributed by atoms with Gasteiger partial charge in [-0.1, -0.05) is 13.8 Å². The van der Waals surface area contributed by atoms with Crippen LogP contribution in [0.1, 0.15) is 46.0 Å². The summed E-state index contributed by atoms with van der Waals surface area (Å²) in [5.41, 5.74) is 0. The van der Waals surface area contributed by atoms with Gasteiger partial charge >= 0.3 is 0 Å². The Bertz CT molecular complexity index is 364. The predicted octanol–water partition coefficient (Wildman–Crippen LogP) is 1.13. The Morgan fingerprint density at radius 3 is 2.38 bits per heavy atom. The molecule has 0 bridgehead atoms. The highest BCUT2D eigenvalue weighted by molar-refractivity contribution is 5.97. The highest BCUT2D eigenvalue weighted by Gasteiger charge is 2.25. The van der Waals surface area contributed by atoms with Crippen molar-refractivity contribution in [3.63, 3.8) is 0 Å². The van der Waals surface area contributed by atoms with E-state index in [4.69, 9.17) is 0 Å². The Kier molecular flexibility index (Phi) is 7.79. The molecule has 6 heteroatoms. The van der Waals surface area contributed by atoms with Crippen molar-refractivity contribution < 1.29 is 9.59 Å². The molecule has 0 aromatic heterocycles. The van der Waals surface area contributed by atoms with Gasteiger partial charge in [-0.25, -0.2) is 0 Å². The van der Waals surface area contributed by atoms with Gasteiger partial charge in [0.2, 0.25) is 11.8 Å². The molecule has 1 rings (SSSR count). The smallest absolute Gasteiger partial charge is 0.229 e. The van der Waals surface area contributed by atoms with Gasteiger partial charge in [-0.05, 0) is 25.2 Å². The van der Waals surface area contributed by atoms with Gasteiger partial charge in [0.25, 0.3) is 0 Å². The van der Waals surface area contributed by atoms with Crippen molar-refractivity contribution in [3.05, 3.63) is 0 Å². The number of rotatable bonds is 7. The molecule has 2 amide bonds. The van der Waals surface area contributed by atoms with Crippen LogP contribution in [0, 0.1) is 5.92 Å². The zero-order chi connectivity index (χ0) is 15.7. The van der Waals surface area contributed by atoms with Crippen LogP contribution in [0.4, 0.5) is 0 Å². The summed E-state index contributed by atoms with van der Waals surface area (Å²) >= 11 is 0. The van der Waals surface area contributed by atoms with Gasteiger partial charge in [0.15, 0.2) is 5.96 Å². The minimum Gasteiger partial charge on any atom is -0.356 e. The lowest BCUT2D eigenvalue weighted by molar-refractivity contribution is -0.147. The number of guanidine groups is 1. The molecular formula is C15H28N4O2. The Morgan fingerprint density at radius 1 is 1.19 bits per heavy atom. The molecule has 0 aliphatic carbocycles. The fourth-order valence-corrected chi connectivity index (χ4v) is 2.27. The van der Waals surface area contributed by atoms with E-state index in [2.05, 4.69) is 29.5 Å². The van der Waals surface area contributed by atoms with Crippen LogP contribution in [0.3, 0.4) is 0 Å². The Morgan fingerprint density at radius 2 is 1.81 bits per heavy atom. The fourth-order valence-electron chi connectivity index (χ4n) is 2.27. The van der Waals surface area contributed by atoms with Gasteiger partial charge in [0, 0.05) is 39.5 Å². The molecular weight excluding hydrogens is 268 g/mol. The third kappa shape index (κ3) is 6.60. The molecule has 0 aromatic rings. The summed E-state index contributed by atoms with van der Waals surface area (Å²) in [6, 6.07) is 0. The van der Waals surface area contributed by atoms with Gasteiger partial charge in [-0.3, -0.25) is 19.5 Å². The van der Waals surface area contributed by atoms with Crippen LogP contribution in [0.5, 0.6) is 0 Å². The van der Waals surface area contributed by atoms with Crippen molar-refractivity contribution >= 4 is 17.8 Å². The number of aliphatic imine (C=N–C) groups is 1. The van der Waals surface area contributed by atoms with E-state index in [1.165, 1.54) is 11.3 Å². The number of likely N-dealkylation sites (tertiary alicyclic amines) is 1. The maximum Gasteiger partial charge on any atom is 0.229 e. The molecule has 1 saturated heterocycles. The Hall–Kier alpha value is -1.59. The maximum atomic E-state index is 11.7. The van der Waals surface area contributed by atoms with Crippen LogP contribution in [0.15, 0.2) is 4.99 Å². The standard InChI is InChI=1S/C15H28N4O2/c1-12(2)6-5-9-17-15(16-3)18-10-11-19-13(20)7-4-8-14(19)21/h12H,4-11H2,1-3H3,(H2,16,17,18). The van der Waals surface area contributed by atoms with Crippen LogP contribution in [-0.2, 0) is 9.59 Å². The fraction of sp³-hybridized carbons (Fsp3) is 0.800. The maximum absolute atomic E-state index is 11.7. The summed E-state index contributed by atoms with van der Waals surface area (Å²) in [5, 5.41) is 6.37. The molecule has 6 nitrogen and oxygen atoms in total. The second kappa shape index (κ2) is 9.37. The molecule has 1 aliphatic rings. The van der Waals surface area contributed by atoms with Gasteiger partial charge in [0.1, 0.15) is 0 Å². The molecule has 0 saturated carbocycles. The minimum atomic E-state index is -0.0621. The van der Waals surface area contributed by atoms with E-state index in [1.807, 2.05) is 0 Å². The molecule has 2 N–H and O–H groups in total. The zero-order valence-electron chi connectivity index (χ0n) is 13.4. The first kappa shape index (κ1) is 17.5. The first-order valence-electron chi connectivity index (χ1n) is 7.82. The van der Waals surface area contributed by atoms with Crippen LogP contribution >= 0.6 is 0 Å². The van der Waals surface area contributed by atoms with E-state index < -0.39 is 0 Å². The van der Waals surface area contributed by atoms with Gasteiger partial charge in [-0.2, -0.15) is 0 Å². The SMILES string of the molecule is CN=C(NCCCC(C)C)NCCN1C(=O)CCCC1=O. The van der Waals surface area contributed by atoms with Crippen LogP contribution < -0.4 is 10.6 Å². The molecule has 120 valence electrons. The lowest BCUT2D eigenvalue weighted by Crippen LogP contribution is -2.46. The number of carbonyl (C=O) groups is 2. The number of nitrogens with zero attached hydrogens (tertiary/aromatic N) is 2. The monoisotopic (exact) mass is 296 g/mol. The second-order valence-corrected chi connectivity index (χ2v) is 5.75. The van der Waals surface area contributed by atoms with Gasteiger partial charge in [-0.15, -0.1) is 0 Å². The van der Waals surface area contributed by atoms with Crippen molar-refractivity contribution in [2.75, 3.05) is 26.7 Å². The average molecular weight is 296 g/mol. The molecule has 0 atom stereocenters. The summed E-state index contributed by atoms with van der Waals surface area (Å²) in [5.74, 6) is 1.30. The van der Waals surface area contributed by atoms with Crippen molar-refractivity contribution in [2.24, 2.45) is 10.9 Å². The zero-order valence-corrected chi connectivity index (χ0v) is 13.4. The van der Waals surface area contributed by atoms with Gasteiger partial charge in [0.05, 0.1) is 0 Å². The minimum absolute atomic E-state index is 0.0621. The quantitative estimate of drug-likeness (QED) is 0.320. The molecule has 0 spiro atoms. The van der Waals surface area contributed by atoms with E-state index in [0.717, 1.165) is 18.9 Å². The number of piperidine rings is 1. The van der Waals surface area contributed by atoms with Crippen molar-refractivity contribution in [1.82, 2.24) is 15.5 Å². The number of hydrogen-bond acceptors (Lipinski definition) is 3. The van der Waals surface area contributed by atoms with Crippen molar-refractivity contribution in [3.8, 4) is 0 Å². The normalized spacial score (nSPS) is 16.6. The number of imide groups is 1. The Labute approximate surface area is 127 Å². The summed E-state index contributed by atoms with van der Waals surface area (Å²) in [7, 11) is 1.72. The second-order valence-electron chi connectivity index (χ2n) is 5.75. The topological polar surface area (TPSA) is 73.8 Å². The molecule has 21 heavy (non-hydrogen) atoms. The summed E-state index contributed by atoms with van der Waals surface area (Å²) < 4.78 is 0. The molecule has 0 unspecified atom stereocenters. The number of carbonyl (C=O) groups excluding carboxylic acids is 2. The molecule has 1 aliphatic heterocycles. The lowest BCUT2D eigenvalue weighted by Gasteiger charge is -2.25. The van der Waals surface area contributed by atoms with E-state index in [0.29, 0.717) is 38.3 Å². The third-order valence-corrected chi connectivity index (χ3v) is 3.49. The first-order valence-corrected chi connectivity index (χ1v) is 7.82. The summed E-state index contributed by atoms with van der Waals surface area (Å²) in [4.78, 5) is 28.8. The lowest BCUT2D eigenvalue weighted by atomic mass is 10.1. The average Bonchev–Trinajstić information content (AvgIpc) is 2.44. The van der Waals surface area contributed by atoms with Crippen LogP contribution in [-0.4, -0.2) is 49.4 Å².